The number of carbonyl (C=O) groups is 1. The first-order valence-corrected chi connectivity index (χ1v) is 9.58. The summed E-state index contributed by atoms with van der Waals surface area (Å²) in [6.07, 6.45) is 6.16. The van der Waals surface area contributed by atoms with Crippen LogP contribution in [0.15, 0.2) is 29.8 Å². The summed E-state index contributed by atoms with van der Waals surface area (Å²) in [5, 5.41) is 8.44. The van der Waals surface area contributed by atoms with Gasteiger partial charge in [0.2, 0.25) is 5.95 Å². The van der Waals surface area contributed by atoms with Crippen molar-refractivity contribution in [2.45, 2.75) is 31.7 Å². The average molecular weight is 359 g/mol. The molecule has 0 spiro atoms. The van der Waals surface area contributed by atoms with E-state index in [-0.39, 0.29) is 5.91 Å². The van der Waals surface area contributed by atoms with Crippen LogP contribution in [-0.2, 0) is 0 Å². The van der Waals surface area contributed by atoms with E-state index in [0.717, 1.165) is 42.9 Å². The summed E-state index contributed by atoms with van der Waals surface area (Å²) in [7, 11) is 3.95. The van der Waals surface area contributed by atoms with Crippen LogP contribution in [0, 0.1) is 5.92 Å². The van der Waals surface area contributed by atoms with Crippen LogP contribution in [0.5, 0.6) is 0 Å². The molecule has 7 heteroatoms. The summed E-state index contributed by atoms with van der Waals surface area (Å²) in [4.78, 5) is 23.6. The van der Waals surface area contributed by atoms with Gasteiger partial charge in [-0.15, -0.1) is 11.3 Å². The minimum absolute atomic E-state index is 0.0455. The average Bonchev–Trinajstić information content (AvgIpc) is 3.16. The lowest BCUT2D eigenvalue weighted by Gasteiger charge is -2.29. The molecule has 0 radical (unpaired) electrons. The smallest absolute Gasteiger partial charge is 0.261 e. The number of hydrogen-bond donors (Lipinski definition) is 2. The zero-order chi connectivity index (χ0) is 17.6. The second-order valence-corrected chi connectivity index (χ2v) is 7.63. The number of nitrogens with zero attached hydrogens (tertiary/aromatic N) is 3. The molecule has 0 atom stereocenters. The molecular formula is C18H25N5OS. The van der Waals surface area contributed by atoms with E-state index in [0.29, 0.717) is 17.9 Å². The van der Waals surface area contributed by atoms with Gasteiger partial charge in [0.05, 0.1) is 4.88 Å². The van der Waals surface area contributed by atoms with Gasteiger partial charge in [0.25, 0.3) is 5.91 Å². The minimum Gasteiger partial charge on any atom is -0.363 e. The number of thiophene rings is 1. The van der Waals surface area contributed by atoms with Crippen LogP contribution in [0.3, 0.4) is 0 Å². The molecule has 2 aromatic rings. The molecule has 0 aliphatic heterocycles. The van der Waals surface area contributed by atoms with Crippen molar-refractivity contribution in [2.24, 2.45) is 5.92 Å². The first-order valence-electron chi connectivity index (χ1n) is 8.70. The van der Waals surface area contributed by atoms with Crippen molar-refractivity contribution < 1.29 is 4.79 Å². The van der Waals surface area contributed by atoms with E-state index in [9.17, 15) is 4.79 Å². The second kappa shape index (κ2) is 8.29. The van der Waals surface area contributed by atoms with Crippen LogP contribution in [0.1, 0.15) is 35.4 Å². The maximum absolute atomic E-state index is 12.0. The van der Waals surface area contributed by atoms with E-state index in [1.54, 1.807) is 6.20 Å². The normalized spacial score (nSPS) is 20.1. The number of hydrogen-bond acceptors (Lipinski definition) is 6. The molecule has 25 heavy (non-hydrogen) atoms. The SMILES string of the molecule is CN(C)c1ccnc(NC2CCC(CNC(=O)c3cccs3)CC2)n1. The van der Waals surface area contributed by atoms with Crippen molar-refractivity contribution in [1.82, 2.24) is 15.3 Å². The minimum atomic E-state index is 0.0455. The Morgan fingerprint density at radius 1 is 1.28 bits per heavy atom. The summed E-state index contributed by atoms with van der Waals surface area (Å²) in [6, 6.07) is 6.08. The van der Waals surface area contributed by atoms with E-state index < -0.39 is 0 Å². The first kappa shape index (κ1) is 17.7. The van der Waals surface area contributed by atoms with Crippen LogP contribution in [-0.4, -0.2) is 42.6 Å². The topological polar surface area (TPSA) is 70.2 Å². The molecule has 1 aliphatic carbocycles. The molecule has 1 aliphatic rings. The predicted octanol–water partition coefficient (Wildman–Crippen LogP) is 3.00. The summed E-state index contributed by atoms with van der Waals surface area (Å²) in [6.45, 7) is 0.760. The van der Waals surface area contributed by atoms with Crippen LogP contribution in [0.25, 0.3) is 0 Å². The Hall–Kier alpha value is -2.15. The Morgan fingerprint density at radius 3 is 2.76 bits per heavy atom. The van der Waals surface area contributed by atoms with E-state index in [2.05, 4.69) is 20.6 Å². The van der Waals surface area contributed by atoms with Gasteiger partial charge in [0.15, 0.2) is 0 Å². The summed E-state index contributed by atoms with van der Waals surface area (Å²) in [5.74, 6) is 2.20. The zero-order valence-corrected chi connectivity index (χ0v) is 15.6. The van der Waals surface area contributed by atoms with Gasteiger partial charge in [0, 0.05) is 32.9 Å². The molecule has 1 amide bonds. The fraction of sp³-hybridized carbons (Fsp3) is 0.500. The van der Waals surface area contributed by atoms with Crippen LogP contribution in [0.4, 0.5) is 11.8 Å². The highest BCUT2D eigenvalue weighted by Gasteiger charge is 2.22. The largest absolute Gasteiger partial charge is 0.363 e. The Morgan fingerprint density at radius 2 is 2.08 bits per heavy atom. The Bertz CT molecular complexity index is 681. The number of carbonyl (C=O) groups excluding carboxylic acids is 1. The molecule has 0 saturated heterocycles. The lowest BCUT2D eigenvalue weighted by molar-refractivity contribution is 0.0947. The van der Waals surface area contributed by atoms with Crippen molar-refractivity contribution in [2.75, 3.05) is 30.9 Å². The monoisotopic (exact) mass is 359 g/mol. The summed E-state index contributed by atoms with van der Waals surface area (Å²) in [5.41, 5.74) is 0. The highest BCUT2D eigenvalue weighted by Crippen LogP contribution is 2.26. The highest BCUT2D eigenvalue weighted by molar-refractivity contribution is 7.12. The van der Waals surface area contributed by atoms with Gasteiger partial charge in [-0.1, -0.05) is 6.07 Å². The summed E-state index contributed by atoms with van der Waals surface area (Å²) >= 11 is 1.48. The number of amides is 1. The van der Waals surface area contributed by atoms with E-state index in [4.69, 9.17) is 0 Å². The van der Waals surface area contributed by atoms with Crippen molar-refractivity contribution in [3.05, 3.63) is 34.7 Å². The van der Waals surface area contributed by atoms with Crippen molar-refractivity contribution in [3.8, 4) is 0 Å². The van der Waals surface area contributed by atoms with E-state index >= 15 is 0 Å². The lowest BCUT2D eigenvalue weighted by atomic mass is 9.86. The highest BCUT2D eigenvalue weighted by atomic mass is 32.1. The molecule has 2 heterocycles. The van der Waals surface area contributed by atoms with Gasteiger partial charge in [-0.25, -0.2) is 4.98 Å². The predicted molar refractivity (Wildman–Crippen MR) is 102 cm³/mol. The molecule has 2 aromatic heterocycles. The second-order valence-electron chi connectivity index (χ2n) is 6.68. The molecule has 134 valence electrons. The quantitative estimate of drug-likeness (QED) is 0.830. The Kier molecular flexibility index (Phi) is 5.86. The van der Waals surface area contributed by atoms with Gasteiger partial charge in [-0.05, 0) is 49.1 Å². The Balaban J connectivity index is 1.43. The number of aromatic nitrogens is 2. The fourth-order valence-corrected chi connectivity index (χ4v) is 3.73. The maximum atomic E-state index is 12.0. The van der Waals surface area contributed by atoms with Gasteiger partial charge >= 0.3 is 0 Å². The maximum Gasteiger partial charge on any atom is 0.261 e. The summed E-state index contributed by atoms with van der Waals surface area (Å²) < 4.78 is 0. The van der Waals surface area contributed by atoms with Crippen molar-refractivity contribution in [1.29, 1.82) is 0 Å². The molecule has 3 rings (SSSR count). The molecule has 0 aromatic carbocycles. The van der Waals surface area contributed by atoms with Crippen LogP contribution < -0.4 is 15.5 Å². The number of rotatable bonds is 6. The molecule has 1 saturated carbocycles. The first-order chi connectivity index (χ1) is 12.1. The standard InChI is InChI=1S/C18H25N5OS/c1-23(2)16-9-10-19-18(22-16)21-14-7-5-13(6-8-14)12-20-17(24)15-4-3-11-25-15/h3-4,9-11,13-14H,5-8,12H2,1-2H3,(H,20,24)(H,19,21,22). The number of nitrogens with one attached hydrogen (secondary N) is 2. The molecular weight excluding hydrogens is 334 g/mol. The van der Waals surface area contributed by atoms with Gasteiger partial charge in [-0.3, -0.25) is 4.79 Å². The fourth-order valence-electron chi connectivity index (χ4n) is 3.09. The molecule has 6 nitrogen and oxygen atoms in total. The molecule has 0 unspecified atom stereocenters. The van der Waals surface area contributed by atoms with Crippen molar-refractivity contribution in [3.63, 3.8) is 0 Å². The van der Waals surface area contributed by atoms with Crippen LogP contribution in [0.2, 0.25) is 0 Å². The number of anilines is 2. The third kappa shape index (κ3) is 4.92. The van der Waals surface area contributed by atoms with Crippen molar-refractivity contribution >= 4 is 29.0 Å². The van der Waals surface area contributed by atoms with Gasteiger partial charge in [-0.2, -0.15) is 4.98 Å². The zero-order valence-electron chi connectivity index (χ0n) is 14.7. The Labute approximate surface area is 152 Å². The van der Waals surface area contributed by atoms with Gasteiger partial charge in [0.1, 0.15) is 5.82 Å². The third-order valence-corrected chi connectivity index (χ3v) is 5.44. The molecule has 2 N–H and O–H groups in total. The molecule has 1 fully saturated rings. The lowest BCUT2D eigenvalue weighted by Crippen LogP contribution is -2.34. The van der Waals surface area contributed by atoms with E-state index in [1.165, 1.54) is 11.3 Å². The van der Waals surface area contributed by atoms with Crippen LogP contribution >= 0.6 is 11.3 Å². The van der Waals surface area contributed by atoms with Gasteiger partial charge < -0.3 is 15.5 Å². The van der Waals surface area contributed by atoms with E-state index in [1.807, 2.05) is 42.6 Å². The molecule has 0 bridgehead atoms. The third-order valence-electron chi connectivity index (χ3n) is 4.58.